The van der Waals surface area contributed by atoms with Crippen LogP contribution in [-0.2, 0) is 0 Å². The molecule has 0 aliphatic carbocycles. The molecule has 0 saturated carbocycles. The summed E-state index contributed by atoms with van der Waals surface area (Å²) < 4.78 is 0. The Hall–Kier alpha value is -1.62. The number of likely N-dealkylation sites (N-methyl/N-ethyl adjacent to an activating group) is 1. The molecule has 2 aromatic rings. The topological polar surface area (TPSA) is 54.0 Å². The van der Waals surface area contributed by atoms with Crippen LogP contribution in [0, 0.1) is 0 Å². The van der Waals surface area contributed by atoms with Gasteiger partial charge in [-0.3, -0.25) is 9.78 Å². The number of hydrogen-bond donors (Lipinski definition) is 2. The zero-order chi connectivity index (χ0) is 15.1. The average Bonchev–Trinajstić information content (AvgIpc) is 2.54. The highest BCUT2D eigenvalue weighted by Gasteiger charge is 2.09. The lowest BCUT2D eigenvalue weighted by atomic mass is 10.1. The van der Waals surface area contributed by atoms with Gasteiger partial charge in [0.15, 0.2) is 0 Å². The number of rotatable bonds is 6. The van der Waals surface area contributed by atoms with Crippen LogP contribution < -0.4 is 10.6 Å². The monoisotopic (exact) mass is 355 g/mol. The third kappa shape index (κ3) is 6.57. The summed E-state index contributed by atoms with van der Waals surface area (Å²) in [5.74, 6) is -0.0926. The molecule has 126 valence electrons. The molecule has 0 bridgehead atoms. The van der Waals surface area contributed by atoms with Crippen LogP contribution in [0.25, 0.3) is 11.1 Å². The molecule has 0 unspecified atom stereocenters. The van der Waals surface area contributed by atoms with E-state index in [0.29, 0.717) is 12.1 Å². The Bertz CT molecular complexity index is 593. The van der Waals surface area contributed by atoms with E-state index >= 15 is 0 Å². The van der Waals surface area contributed by atoms with Crippen molar-refractivity contribution in [3.05, 3.63) is 54.4 Å². The molecule has 23 heavy (non-hydrogen) atoms. The number of carbonyl (C=O) groups excluding carboxylic acids is 1. The lowest BCUT2D eigenvalue weighted by Gasteiger charge is -2.13. The zero-order valence-corrected chi connectivity index (χ0v) is 14.9. The van der Waals surface area contributed by atoms with E-state index in [0.717, 1.165) is 17.7 Å². The van der Waals surface area contributed by atoms with Crippen LogP contribution in [0.1, 0.15) is 24.2 Å². The van der Waals surface area contributed by atoms with Gasteiger partial charge in [0.2, 0.25) is 0 Å². The first kappa shape index (κ1) is 21.4. The Morgan fingerprint density at radius 1 is 1.13 bits per heavy atom. The van der Waals surface area contributed by atoms with Gasteiger partial charge in [-0.1, -0.05) is 37.3 Å². The van der Waals surface area contributed by atoms with Gasteiger partial charge in [-0.05, 0) is 25.1 Å². The van der Waals surface area contributed by atoms with E-state index < -0.39 is 0 Å². The average molecular weight is 356 g/mol. The van der Waals surface area contributed by atoms with Gasteiger partial charge >= 0.3 is 0 Å². The molecule has 1 atom stereocenters. The molecule has 0 spiro atoms. The van der Waals surface area contributed by atoms with Gasteiger partial charge in [0.25, 0.3) is 5.91 Å². The predicted octanol–water partition coefficient (Wildman–Crippen LogP) is 3.32. The second-order valence-electron chi connectivity index (χ2n) is 5.00. The standard InChI is InChI=1S/C17H21N3O.2ClH/c1-3-19-13(2)10-20-17(21)16-9-15(11-18-12-16)14-7-5-4-6-8-14;;/h4-9,11-13,19H,3,10H2,1-2H3,(H,20,21);2*1H/t13-;;/m1../s1. The Morgan fingerprint density at radius 3 is 2.48 bits per heavy atom. The van der Waals surface area contributed by atoms with Gasteiger partial charge in [0, 0.05) is 30.5 Å². The molecule has 0 aliphatic heterocycles. The molecule has 1 heterocycles. The van der Waals surface area contributed by atoms with Crippen LogP contribution in [0.4, 0.5) is 0 Å². The Balaban J connectivity index is 0.00000242. The number of carbonyl (C=O) groups is 1. The molecule has 0 aliphatic rings. The Labute approximate surface area is 149 Å². The number of nitrogens with one attached hydrogen (secondary N) is 2. The van der Waals surface area contributed by atoms with E-state index in [9.17, 15) is 4.79 Å². The highest BCUT2D eigenvalue weighted by atomic mass is 35.5. The lowest BCUT2D eigenvalue weighted by molar-refractivity contribution is 0.0950. The van der Waals surface area contributed by atoms with Crippen LogP contribution in [0.15, 0.2) is 48.8 Å². The van der Waals surface area contributed by atoms with Crippen LogP contribution in [0.5, 0.6) is 0 Å². The summed E-state index contributed by atoms with van der Waals surface area (Å²) in [7, 11) is 0. The van der Waals surface area contributed by atoms with Crippen molar-refractivity contribution < 1.29 is 4.79 Å². The summed E-state index contributed by atoms with van der Waals surface area (Å²) in [6.45, 7) is 5.58. The molecule has 0 fully saturated rings. The number of benzene rings is 1. The fourth-order valence-corrected chi connectivity index (χ4v) is 2.12. The SMILES string of the molecule is CCN[C@H](C)CNC(=O)c1cncc(-c2ccccc2)c1.Cl.Cl. The van der Waals surface area contributed by atoms with Gasteiger partial charge < -0.3 is 10.6 Å². The zero-order valence-electron chi connectivity index (χ0n) is 13.3. The van der Waals surface area contributed by atoms with E-state index in [1.807, 2.05) is 50.2 Å². The molecule has 1 aromatic heterocycles. The van der Waals surface area contributed by atoms with Crippen molar-refractivity contribution in [1.82, 2.24) is 15.6 Å². The molecular weight excluding hydrogens is 333 g/mol. The molecular formula is C17H23Cl2N3O. The predicted molar refractivity (Wildman–Crippen MR) is 99.6 cm³/mol. The number of nitrogens with zero attached hydrogens (tertiary/aromatic N) is 1. The molecule has 0 saturated heterocycles. The van der Waals surface area contributed by atoms with E-state index in [1.54, 1.807) is 12.4 Å². The number of hydrogen-bond acceptors (Lipinski definition) is 3. The normalized spacial score (nSPS) is 10.9. The van der Waals surface area contributed by atoms with Crippen molar-refractivity contribution in [3.63, 3.8) is 0 Å². The highest BCUT2D eigenvalue weighted by Crippen LogP contribution is 2.18. The number of halogens is 2. The first-order chi connectivity index (χ1) is 10.2. The van der Waals surface area contributed by atoms with Crippen molar-refractivity contribution in [2.24, 2.45) is 0 Å². The van der Waals surface area contributed by atoms with Crippen molar-refractivity contribution >= 4 is 30.7 Å². The van der Waals surface area contributed by atoms with Crippen molar-refractivity contribution in [2.75, 3.05) is 13.1 Å². The van der Waals surface area contributed by atoms with Crippen LogP contribution >= 0.6 is 24.8 Å². The van der Waals surface area contributed by atoms with E-state index in [-0.39, 0.29) is 36.8 Å². The maximum atomic E-state index is 12.2. The van der Waals surface area contributed by atoms with Gasteiger partial charge in [0.1, 0.15) is 0 Å². The van der Waals surface area contributed by atoms with Gasteiger partial charge in [-0.2, -0.15) is 0 Å². The first-order valence-corrected chi connectivity index (χ1v) is 7.22. The summed E-state index contributed by atoms with van der Waals surface area (Å²) >= 11 is 0. The molecule has 0 radical (unpaired) electrons. The minimum atomic E-state index is -0.0926. The van der Waals surface area contributed by atoms with Crippen molar-refractivity contribution in [1.29, 1.82) is 0 Å². The molecule has 6 heteroatoms. The third-order valence-corrected chi connectivity index (χ3v) is 3.23. The summed E-state index contributed by atoms with van der Waals surface area (Å²) in [5, 5.41) is 6.18. The Kier molecular flexibility index (Phi) is 10.2. The van der Waals surface area contributed by atoms with E-state index in [4.69, 9.17) is 0 Å². The first-order valence-electron chi connectivity index (χ1n) is 7.22. The summed E-state index contributed by atoms with van der Waals surface area (Å²) in [6.07, 6.45) is 3.37. The minimum absolute atomic E-state index is 0. The molecule has 1 aromatic carbocycles. The molecule has 2 N–H and O–H groups in total. The number of pyridine rings is 1. The Morgan fingerprint density at radius 2 is 1.83 bits per heavy atom. The van der Waals surface area contributed by atoms with Gasteiger partial charge in [-0.15, -0.1) is 24.8 Å². The van der Waals surface area contributed by atoms with Crippen LogP contribution in [0.2, 0.25) is 0 Å². The fourth-order valence-electron chi connectivity index (χ4n) is 2.12. The quantitative estimate of drug-likeness (QED) is 0.835. The smallest absolute Gasteiger partial charge is 0.252 e. The van der Waals surface area contributed by atoms with Crippen LogP contribution in [0.3, 0.4) is 0 Å². The largest absolute Gasteiger partial charge is 0.350 e. The molecule has 1 amide bonds. The summed E-state index contributed by atoms with van der Waals surface area (Å²) in [6, 6.07) is 12.0. The maximum absolute atomic E-state index is 12.2. The highest BCUT2D eigenvalue weighted by molar-refractivity contribution is 5.95. The second kappa shape index (κ2) is 11.0. The maximum Gasteiger partial charge on any atom is 0.252 e. The molecule has 2 rings (SSSR count). The number of aromatic nitrogens is 1. The molecule has 4 nitrogen and oxygen atoms in total. The minimum Gasteiger partial charge on any atom is -0.350 e. The summed E-state index contributed by atoms with van der Waals surface area (Å²) in [5.41, 5.74) is 2.59. The van der Waals surface area contributed by atoms with E-state index in [2.05, 4.69) is 15.6 Å². The summed E-state index contributed by atoms with van der Waals surface area (Å²) in [4.78, 5) is 16.3. The van der Waals surface area contributed by atoms with Gasteiger partial charge in [0.05, 0.1) is 5.56 Å². The van der Waals surface area contributed by atoms with Crippen molar-refractivity contribution in [3.8, 4) is 11.1 Å². The second-order valence-corrected chi connectivity index (χ2v) is 5.00. The number of amides is 1. The van der Waals surface area contributed by atoms with Crippen LogP contribution in [-0.4, -0.2) is 30.0 Å². The lowest BCUT2D eigenvalue weighted by Crippen LogP contribution is -2.38. The van der Waals surface area contributed by atoms with Crippen molar-refractivity contribution in [2.45, 2.75) is 19.9 Å². The third-order valence-electron chi connectivity index (χ3n) is 3.23. The van der Waals surface area contributed by atoms with E-state index in [1.165, 1.54) is 0 Å². The fraction of sp³-hybridized carbons (Fsp3) is 0.294. The van der Waals surface area contributed by atoms with Gasteiger partial charge in [-0.25, -0.2) is 0 Å².